The number of nitro groups is 1. The maximum absolute atomic E-state index is 12.0. The van der Waals surface area contributed by atoms with Crippen molar-refractivity contribution in [3.05, 3.63) is 67.6 Å². The maximum Gasteiger partial charge on any atom is 0.289 e. The molecular formula is C13H10ClN3O4. The average Bonchev–Trinajstić information content (AvgIpc) is 2.43. The van der Waals surface area contributed by atoms with Crippen LogP contribution in [-0.4, -0.2) is 15.4 Å². The van der Waals surface area contributed by atoms with Crippen molar-refractivity contribution in [3.63, 3.8) is 0 Å². The fourth-order valence-electron chi connectivity index (χ4n) is 1.62. The van der Waals surface area contributed by atoms with E-state index in [1.807, 2.05) is 0 Å². The van der Waals surface area contributed by atoms with Gasteiger partial charge in [0.05, 0.1) is 4.92 Å². The van der Waals surface area contributed by atoms with Gasteiger partial charge < -0.3 is 9.88 Å². The molecule has 2 aromatic rings. The third-order valence-corrected chi connectivity index (χ3v) is 3.09. The summed E-state index contributed by atoms with van der Waals surface area (Å²) in [4.78, 5) is 33.6. The van der Waals surface area contributed by atoms with Crippen LogP contribution >= 0.6 is 11.6 Å². The third-order valence-electron chi connectivity index (χ3n) is 2.77. The number of hydrogen-bond acceptors (Lipinski definition) is 4. The van der Waals surface area contributed by atoms with Gasteiger partial charge >= 0.3 is 0 Å². The first-order valence-electron chi connectivity index (χ1n) is 5.80. The molecule has 21 heavy (non-hydrogen) atoms. The molecule has 0 atom stereocenters. The maximum atomic E-state index is 12.0. The average molecular weight is 308 g/mol. The normalized spacial score (nSPS) is 10.2. The van der Waals surface area contributed by atoms with Crippen molar-refractivity contribution in [1.29, 1.82) is 0 Å². The number of nitrogens with one attached hydrogen (secondary N) is 1. The number of aryl methyl sites for hydroxylation is 1. The second-order valence-electron chi connectivity index (χ2n) is 4.24. The van der Waals surface area contributed by atoms with E-state index in [0.717, 1.165) is 6.07 Å². The van der Waals surface area contributed by atoms with Gasteiger partial charge in [0.15, 0.2) is 0 Å². The molecule has 0 fully saturated rings. The summed E-state index contributed by atoms with van der Waals surface area (Å²) in [6.45, 7) is 0. The second-order valence-corrected chi connectivity index (χ2v) is 4.65. The number of nitro benzene ring substituents is 1. The van der Waals surface area contributed by atoms with Crippen molar-refractivity contribution in [2.45, 2.75) is 0 Å². The van der Waals surface area contributed by atoms with Gasteiger partial charge in [-0.25, -0.2) is 0 Å². The number of carbonyl (C=O) groups is 1. The van der Waals surface area contributed by atoms with Gasteiger partial charge in [0.1, 0.15) is 5.02 Å². The number of halogens is 1. The third kappa shape index (κ3) is 3.26. The van der Waals surface area contributed by atoms with Gasteiger partial charge in [0.25, 0.3) is 17.2 Å². The molecule has 7 nitrogen and oxygen atoms in total. The summed E-state index contributed by atoms with van der Waals surface area (Å²) in [5, 5.41) is 13.2. The van der Waals surface area contributed by atoms with E-state index in [4.69, 9.17) is 11.6 Å². The van der Waals surface area contributed by atoms with Crippen molar-refractivity contribution in [2.24, 2.45) is 7.05 Å². The summed E-state index contributed by atoms with van der Waals surface area (Å²) in [6, 6.07) is 6.57. The van der Waals surface area contributed by atoms with Crippen LogP contribution in [0, 0.1) is 10.1 Å². The van der Waals surface area contributed by atoms with E-state index in [1.165, 1.54) is 35.0 Å². The standard InChI is InChI=1S/C13H10ClN3O4/c1-16-5-4-8(6-12(16)18)13(19)15-9-2-3-10(14)11(7-9)17(20)21/h2-7H,1H3,(H,15,19). The summed E-state index contributed by atoms with van der Waals surface area (Å²) >= 11 is 5.68. The Hall–Kier alpha value is -2.67. The van der Waals surface area contributed by atoms with Gasteiger partial charge in [0.2, 0.25) is 0 Å². The van der Waals surface area contributed by atoms with Crippen LogP contribution in [0.2, 0.25) is 5.02 Å². The largest absolute Gasteiger partial charge is 0.322 e. The lowest BCUT2D eigenvalue weighted by Gasteiger charge is -2.06. The lowest BCUT2D eigenvalue weighted by Crippen LogP contribution is -2.20. The Morgan fingerprint density at radius 1 is 1.33 bits per heavy atom. The number of nitrogens with zero attached hydrogens (tertiary/aromatic N) is 2. The zero-order valence-corrected chi connectivity index (χ0v) is 11.6. The predicted molar refractivity (Wildman–Crippen MR) is 77.7 cm³/mol. The quantitative estimate of drug-likeness (QED) is 0.694. The molecule has 0 radical (unpaired) electrons. The molecule has 108 valence electrons. The SMILES string of the molecule is Cn1ccc(C(=O)Nc2ccc(Cl)c([N+](=O)[O-])c2)cc1=O. The molecule has 0 unspecified atom stereocenters. The minimum Gasteiger partial charge on any atom is -0.322 e. The highest BCUT2D eigenvalue weighted by Gasteiger charge is 2.14. The Labute approximate surface area is 123 Å². The fraction of sp³-hybridized carbons (Fsp3) is 0.0769. The molecule has 0 aliphatic carbocycles. The highest BCUT2D eigenvalue weighted by Crippen LogP contribution is 2.27. The summed E-state index contributed by atoms with van der Waals surface area (Å²) < 4.78 is 1.32. The molecule has 1 N–H and O–H groups in total. The number of pyridine rings is 1. The molecule has 1 amide bonds. The van der Waals surface area contributed by atoms with E-state index >= 15 is 0 Å². The molecule has 0 bridgehead atoms. The minimum absolute atomic E-state index is 0.0217. The summed E-state index contributed by atoms with van der Waals surface area (Å²) in [5.74, 6) is -0.538. The van der Waals surface area contributed by atoms with E-state index in [0.29, 0.717) is 0 Å². The number of hydrogen-bond donors (Lipinski definition) is 1. The highest BCUT2D eigenvalue weighted by molar-refractivity contribution is 6.32. The highest BCUT2D eigenvalue weighted by atomic mass is 35.5. The lowest BCUT2D eigenvalue weighted by atomic mass is 10.2. The molecule has 1 aromatic heterocycles. The van der Waals surface area contributed by atoms with Crippen LogP contribution in [0.5, 0.6) is 0 Å². The van der Waals surface area contributed by atoms with Crippen molar-refractivity contribution in [1.82, 2.24) is 4.57 Å². The summed E-state index contributed by atoms with van der Waals surface area (Å²) in [5.41, 5.74) is -0.254. The molecule has 1 heterocycles. The van der Waals surface area contributed by atoms with Gasteiger partial charge in [0, 0.05) is 36.6 Å². The Balaban J connectivity index is 2.27. The van der Waals surface area contributed by atoms with Crippen LogP contribution in [-0.2, 0) is 7.05 Å². The topological polar surface area (TPSA) is 94.2 Å². The van der Waals surface area contributed by atoms with Gasteiger partial charge in [-0.05, 0) is 18.2 Å². The minimum atomic E-state index is -0.643. The first-order chi connectivity index (χ1) is 9.88. The van der Waals surface area contributed by atoms with Crippen LogP contribution in [0.25, 0.3) is 0 Å². The molecular weight excluding hydrogens is 298 g/mol. The summed E-state index contributed by atoms with van der Waals surface area (Å²) in [7, 11) is 1.56. The monoisotopic (exact) mass is 307 g/mol. The zero-order valence-electron chi connectivity index (χ0n) is 10.9. The molecule has 0 aliphatic rings. The van der Waals surface area contributed by atoms with E-state index in [2.05, 4.69) is 5.32 Å². The molecule has 0 saturated carbocycles. The predicted octanol–water partition coefficient (Wildman–Crippen LogP) is 2.20. The fourth-order valence-corrected chi connectivity index (χ4v) is 1.81. The van der Waals surface area contributed by atoms with Gasteiger partial charge in [-0.2, -0.15) is 0 Å². The number of amides is 1. The van der Waals surface area contributed by atoms with E-state index in [9.17, 15) is 19.7 Å². The Bertz CT molecular complexity index is 785. The first-order valence-corrected chi connectivity index (χ1v) is 6.18. The molecule has 1 aromatic carbocycles. The van der Waals surface area contributed by atoms with Gasteiger partial charge in [-0.3, -0.25) is 19.7 Å². The number of anilines is 1. The molecule has 0 aliphatic heterocycles. The van der Waals surface area contributed by atoms with Crippen molar-refractivity contribution in [2.75, 3.05) is 5.32 Å². The Morgan fingerprint density at radius 2 is 2.05 bits per heavy atom. The first kappa shape index (κ1) is 14.7. The van der Waals surface area contributed by atoms with Crippen LogP contribution in [0.1, 0.15) is 10.4 Å². The molecule has 2 rings (SSSR count). The number of benzene rings is 1. The van der Waals surface area contributed by atoms with Gasteiger partial charge in [-0.1, -0.05) is 11.6 Å². The van der Waals surface area contributed by atoms with E-state index < -0.39 is 10.8 Å². The van der Waals surface area contributed by atoms with Crippen molar-refractivity contribution in [3.8, 4) is 0 Å². The number of aromatic nitrogens is 1. The number of rotatable bonds is 3. The Morgan fingerprint density at radius 3 is 2.67 bits per heavy atom. The Kier molecular flexibility index (Phi) is 4.04. The smallest absolute Gasteiger partial charge is 0.289 e. The summed E-state index contributed by atoms with van der Waals surface area (Å²) in [6.07, 6.45) is 1.46. The van der Waals surface area contributed by atoms with Crippen LogP contribution in [0.4, 0.5) is 11.4 Å². The van der Waals surface area contributed by atoms with E-state index in [1.54, 1.807) is 7.05 Å². The molecule has 0 spiro atoms. The molecule has 8 heteroatoms. The van der Waals surface area contributed by atoms with Crippen LogP contribution < -0.4 is 10.9 Å². The van der Waals surface area contributed by atoms with Crippen LogP contribution in [0.3, 0.4) is 0 Å². The van der Waals surface area contributed by atoms with Crippen molar-refractivity contribution < 1.29 is 9.72 Å². The second kappa shape index (κ2) is 5.76. The number of carbonyl (C=O) groups excluding carboxylic acids is 1. The van der Waals surface area contributed by atoms with Gasteiger partial charge in [-0.15, -0.1) is 0 Å². The lowest BCUT2D eigenvalue weighted by molar-refractivity contribution is -0.384. The van der Waals surface area contributed by atoms with Crippen molar-refractivity contribution >= 4 is 28.9 Å². The van der Waals surface area contributed by atoms with E-state index in [-0.39, 0.29) is 27.5 Å². The van der Waals surface area contributed by atoms with Crippen LogP contribution in [0.15, 0.2) is 41.3 Å². The zero-order chi connectivity index (χ0) is 15.6. The molecule has 0 saturated heterocycles.